The lowest BCUT2D eigenvalue weighted by Gasteiger charge is -2.32. The predicted molar refractivity (Wildman–Crippen MR) is 122 cm³/mol. The molecule has 5 nitrogen and oxygen atoms in total. The fraction of sp³-hybridized carbons (Fsp3) is 0.458. The Hall–Kier alpha value is -2.34. The third kappa shape index (κ3) is 4.69. The summed E-state index contributed by atoms with van der Waals surface area (Å²) in [5, 5.41) is 3.05. The van der Waals surface area contributed by atoms with Gasteiger partial charge in [-0.3, -0.25) is 9.10 Å². The molecule has 1 N–H and O–H groups in total. The molecule has 30 heavy (non-hydrogen) atoms. The van der Waals surface area contributed by atoms with Crippen LogP contribution in [0.25, 0.3) is 0 Å². The van der Waals surface area contributed by atoms with Crippen molar-refractivity contribution in [2.24, 2.45) is 0 Å². The summed E-state index contributed by atoms with van der Waals surface area (Å²) in [6.07, 6.45) is 4.91. The number of nitrogens with one attached hydrogen (secondary N) is 1. The van der Waals surface area contributed by atoms with Gasteiger partial charge in [-0.15, -0.1) is 0 Å². The van der Waals surface area contributed by atoms with Crippen LogP contribution in [0.1, 0.15) is 60.5 Å². The van der Waals surface area contributed by atoms with Gasteiger partial charge in [0.25, 0.3) is 0 Å². The summed E-state index contributed by atoms with van der Waals surface area (Å²) in [4.78, 5) is 13.2. The molecule has 0 aromatic heterocycles. The summed E-state index contributed by atoms with van der Waals surface area (Å²) in [7, 11) is -3.65. The molecule has 162 valence electrons. The average Bonchev–Trinajstić information content (AvgIpc) is 3.14. The third-order valence-electron chi connectivity index (χ3n) is 5.91. The molecule has 0 saturated heterocycles. The fourth-order valence-electron chi connectivity index (χ4n) is 4.25. The number of aryl methyl sites for hydroxylation is 4. The van der Waals surface area contributed by atoms with Gasteiger partial charge in [-0.2, -0.15) is 0 Å². The van der Waals surface area contributed by atoms with Gasteiger partial charge in [0.2, 0.25) is 15.9 Å². The molecule has 2 aromatic carbocycles. The minimum atomic E-state index is -3.65. The molecule has 0 saturated carbocycles. The maximum atomic E-state index is 13.2. The molecule has 1 amide bonds. The van der Waals surface area contributed by atoms with Crippen molar-refractivity contribution < 1.29 is 13.2 Å². The number of nitrogens with zero attached hydrogens (tertiary/aromatic N) is 1. The van der Waals surface area contributed by atoms with Crippen LogP contribution < -0.4 is 9.62 Å². The van der Waals surface area contributed by atoms with Gasteiger partial charge in [-0.05, 0) is 80.3 Å². The van der Waals surface area contributed by atoms with E-state index in [1.54, 1.807) is 0 Å². The van der Waals surface area contributed by atoms with Crippen molar-refractivity contribution in [1.29, 1.82) is 0 Å². The van der Waals surface area contributed by atoms with Crippen LogP contribution in [0.5, 0.6) is 0 Å². The van der Waals surface area contributed by atoms with Gasteiger partial charge in [0.15, 0.2) is 0 Å². The van der Waals surface area contributed by atoms with Crippen LogP contribution in [0.15, 0.2) is 36.4 Å². The largest absolute Gasteiger partial charge is 0.348 e. The van der Waals surface area contributed by atoms with Crippen LogP contribution in [-0.2, 0) is 27.7 Å². The van der Waals surface area contributed by atoms with Crippen LogP contribution in [0.4, 0.5) is 5.69 Å². The average molecular weight is 429 g/mol. The second-order valence-electron chi connectivity index (χ2n) is 8.38. The number of amides is 1. The highest BCUT2D eigenvalue weighted by molar-refractivity contribution is 7.92. The molecule has 0 heterocycles. The van der Waals surface area contributed by atoms with E-state index in [1.807, 2.05) is 45.9 Å². The quantitative estimate of drug-likeness (QED) is 0.718. The highest BCUT2D eigenvalue weighted by Gasteiger charge is 2.33. The van der Waals surface area contributed by atoms with Gasteiger partial charge in [0.05, 0.1) is 18.0 Å². The molecule has 2 atom stereocenters. The van der Waals surface area contributed by atoms with E-state index in [0.29, 0.717) is 12.1 Å². The maximum Gasteiger partial charge on any atom is 0.244 e. The lowest BCUT2D eigenvalue weighted by molar-refractivity contribution is -0.122. The number of sulfonamides is 1. The predicted octanol–water partition coefficient (Wildman–Crippen LogP) is 4.21. The first-order valence-electron chi connectivity index (χ1n) is 10.6. The van der Waals surface area contributed by atoms with E-state index in [1.165, 1.54) is 21.9 Å². The Morgan fingerprint density at radius 2 is 1.80 bits per heavy atom. The van der Waals surface area contributed by atoms with Crippen LogP contribution in [-0.4, -0.2) is 26.6 Å². The second kappa shape index (κ2) is 8.80. The Balaban J connectivity index is 1.88. The van der Waals surface area contributed by atoms with Crippen LogP contribution in [0, 0.1) is 13.8 Å². The molecule has 1 aliphatic carbocycles. The summed E-state index contributed by atoms with van der Waals surface area (Å²) in [5.41, 5.74) is 6.13. The zero-order valence-electron chi connectivity index (χ0n) is 18.5. The molecule has 0 aliphatic heterocycles. The van der Waals surface area contributed by atoms with Gasteiger partial charge in [0.1, 0.15) is 6.04 Å². The van der Waals surface area contributed by atoms with Crippen LogP contribution >= 0.6 is 0 Å². The molecule has 1 aliphatic rings. The monoisotopic (exact) mass is 428 g/mol. The van der Waals surface area contributed by atoms with Crippen molar-refractivity contribution in [3.05, 3.63) is 64.2 Å². The SMILES string of the molecule is CC[C@H](C(=O)N[C@H](C)c1ccc2c(c1)CCC2)N(c1cc(C)ccc1C)S(C)(=O)=O. The standard InChI is InChI=1S/C24H32N2O3S/c1-6-22(26(30(5,28)29)23-14-16(2)10-11-17(23)3)24(27)25-18(4)20-13-12-19-8-7-9-21(19)15-20/h10-15,18,22H,6-9H2,1-5H3,(H,25,27)/t18-,22-/m1/s1. The summed E-state index contributed by atoms with van der Waals surface area (Å²) >= 11 is 0. The number of carbonyl (C=O) groups is 1. The number of hydrogen-bond donors (Lipinski definition) is 1. The topological polar surface area (TPSA) is 66.5 Å². The van der Waals surface area contributed by atoms with Crippen LogP contribution in [0.2, 0.25) is 0 Å². The number of hydrogen-bond acceptors (Lipinski definition) is 3. The van der Waals surface area contributed by atoms with E-state index in [2.05, 4.69) is 23.5 Å². The minimum absolute atomic E-state index is 0.197. The first kappa shape index (κ1) is 22.3. The van der Waals surface area contributed by atoms with Gasteiger partial charge in [-0.1, -0.05) is 37.3 Å². The normalized spacial score (nSPS) is 15.4. The molecular weight excluding hydrogens is 396 g/mol. The van der Waals surface area contributed by atoms with Crippen molar-refractivity contribution in [1.82, 2.24) is 5.32 Å². The van der Waals surface area contributed by atoms with Crippen LogP contribution in [0.3, 0.4) is 0 Å². The second-order valence-corrected chi connectivity index (χ2v) is 10.2. The number of anilines is 1. The van der Waals surface area contributed by atoms with E-state index in [4.69, 9.17) is 0 Å². The van der Waals surface area contributed by atoms with E-state index in [0.717, 1.165) is 35.8 Å². The molecule has 0 spiro atoms. The Kier molecular flexibility index (Phi) is 6.56. The van der Waals surface area contributed by atoms with Crippen molar-refractivity contribution >= 4 is 21.6 Å². The van der Waals surface area contributed by atoms with Gasteiger partial charge in [-0.25, -0.2) is 8.42 Å². The van der Waals surface area contributed by atoms with E-state index >= 15 is 0 Å². The van der Waals surface area contributed by atoms with E-state index < -0.39 is 16.1 Å². The Morgan fingerprint density at radius 1 is 1.10 bits per heavy atom. The van der Waals surface area contributed by atoms with Gasteiger partial charge < -0.3 is 5.32 Å². The highest BCUT2D eigenvalue weighted by atomic mass is 32.2. The zero-order valence-corrected chi connectivity index (χ0v) is 19.3. The number of fused-ring (bicyclic) bond motifs is 1. The molecule has 0 unspecified atom stereocenters. The Morgan fingerprint density at radius 3 is 2.47 bits per heavy atom. The smallest absolute Gasteiger partial charge is 0.244 e. The number of rotatable bonds is 7. The van der Waals surface area contributed by atoms with E-state index in [-0.39, 0.29) is 11.9 Å². The Labute approximate surface area is 180 Å². The molecule has 3 rings (SSSR count). The molecule has 0 radical (unpaired) electrons. The Bertz CT molecular complexity index is 1050. The number of benzene rings is 2. The first-order chi connectivity index (χ1) is 14.1. The molecule has 2 aromatic rings. The molecule has 0 fully saturated rings. The van der Waals surface area contributed by atoms with Gasteiger partial charge in [0, 0.05) is 0 Å². The third-order valence-corrected chi connectivity index (χ3v) is 7.08. The molecule has 0 bridgehead atoms. The van der Waals surface area contributed by atoms with Crippen molar-refractivity contribution in [3.63, 3.8) is 0 Å². The summed E-state index contributed by atoms with van der Waals surface area (Å²) in [6.45, 7) is 7.57. The lowest BCUT2D eigenvalue weighted by atomic mass is 10.0. The van der Waals surface area contributed by atoms with Crippen molar-refractivity contribution in [3.8, 4) is 0 Å². The van der Waals surface area contributed by atoms with Gasteiger partial charge >= 0.3 is 0 Å². The maximum absolute atomic E-state index is 13.2. The lowest BCUT2D eigenvalue weighted by Crippen LogP contribution is -2.50. The van der Waals surface area contributed by atoms with Crippen molar-refractivity contribution in [2.75, 3.05) is 10.6 Å². The van der Waals surface area contributed by atoms with Crippen molar-refractivity contribution in [2.45, 2.75) is 65.5 Å². The molecular formula is C24H32N2O3S. The first-order valence-corrected chi connectivity index (χ1v) is 12.5. The highest BCUT2D eigenvalue weighted by Crippen LogP contribution is 2.29. The summed E-state index contributed by atoms with van der Waals surface area (Å²) in [5.74, 6) is -0.281. The van der Waals surface area contributed by atoms with E-state index in [9.17, 15) is 13.2 Å². The molecule has 6 heteroatoms. The minimum Gasteiger partial charge on any atom is -0.348 e. The summed E-state index contributed by atoms with van der Waals surface area (Å²) in [6, 6.07) is 11.0. The number of carbonyl (C=O) groups excluding carboxylic acids is 1. The fourth-order valence-corrected chi connectivity index (χ4v) is 5.51. The summed E-state index contributed by atoms with van der Waals surface area (Å²) < 4.78 is 26.7. The zero-order chi connectivity index (χ0) is 22.1.